The summed E-state index contributed by atoms with van der Waals surface area (Å²) in [5.74, 6) is 0. The lowest BCUT2D eigenvalue weighted by Gasteiger charge is -2.26. The van der Waals surface area contributed by atoms with Gasteiger partial charge in [-0.1, -0.05) is 140 Å². The molecule has 0 N–H and O–H groups in total. The summed E-state index contributed by atoms with van der Waals surface area (Å²) in [4.78, 5) is 2.35. The molecule has 2 aromatic heterocycles. The maximum Gasteiger partial charge on any atom is 0.159 e. The van der Waals surface area contributed by atoms with Crippen LogP contribution in [0.4, 0.5) is 17.1 Å². The first kappa shape index (κ1) is 27.9. The lowest BCUT2D eigenvalue weighted by Crippen LogP contribution is -2.10. The first-order chi connectivity index (χ1) is 24.3. The van der Waals surface area contributed by atoms with E-state index in [-0.39, 0.29) is 0 Å². The third-order valence-corrected chi connectivity index (χ3v) is 10.8. The summed E-state index contributed by atoms with van der Waals surface area (Å²) in [5.41, 5.74) is 9.57. The van der Waals surface area contributed by atoms with Crippen LogP contribution in [0.25, 0.3) is 75.1 Å². The highest BCUT2D eigenvalue weighted by Crippen LogP contribution is 2.46. The Morgan fingerprint density at radius 2 is 1.06 bits per heavy atom. The maximum absolute atomic E-state index is 6.93. The SMILES string of the molecule is c1ccc(-c2ccc(N(c3ccc4c(c3)sc3ccc5ccccc5c34)c3cccc4c3oc3c(-c5ccccc5)cccc34)cc2)cc1. The fourth-order valence-electron chi connectivity index (χ4n) is 7.36. The van der Waals surface area contributed by atoms with Crippen LogP contribution in [0.3, 0.4) is 0 Å². The molecule has 3 heteroatoms. The summed E-state index contributed by atoms with van der Waals surface area (Å²) in [5, 5.41) is 7.40. The smallest absolute Gasteiger partial charge is 0.159 e. The van der Waals surface area contributed by atoms with E-state index in [0.29, 0.717) is 0 Å². The van der Waals surface area contributed by atoms with Crippen LogP contribution in [-0.2, 0) is 0 Å². The molecule has 0 radical (unpaired) electrons. The van der Waals surface area contributed by atoms with Gasteiger partial charge in [0.1, 0.15) is 5.58 Å². The van der Waals surface area contributed by atoms with Crippen LogP contribution in [0.15, 0.2) is 180 Å². The Labute approximate surface area is 287 Å². The molecule has 10 rings (SSSR count). The van der Waals surface area contributed by atoms with E-state index in [4.69, 9.17) is 4.42 Å². The summed E-state index contributed by atoms with van der Waals surface area (Å²) in [6, 6.07) is 63.0. The minimum absolute atomic E-state index is 0.871. The van der Waals surface area contributed by atoms with E-state index in [9.17, 15) is 0 Å². The Kier molecular flexibility index (Phi) is 6.39. The van der Waals surface area contributed by atoms with Crippen LogP contribution in [0.1, 0.15) is 0 Å². The first-order valence-corrected chi connectivity index (χ1v) is 17.4. The Morgan fingerprint density at radius 1 is 0.408 bits per heavy atom. The number of hydrogen-bond acceptors (Lipinski definition) is 3. The van der Waals surface area contributed by atoms with E-state index in [1.54, 1.807) is 0 Å². The lowest BCUT2D eigenvalue weighted by molar-refractivity contribution is 0.670. The van der Waals surface area contributed by atoms with Crippen molar-refractivity contribution in [2.75, 3.05) is 4.90 Å². The van der Waals surface area contributed by atoms with Crippen molar-refractivity contribution in [3.05, 3.63) is 176 Å². The normalized spacial score (nSPS) is 11.7. The number of benzene rings is 8. The number of thiophene rings is 1. The number of furan rings is 1. The molecule has 2 heterocycles. The molecular weight excluding hydrogens is 615 g/mol. The van der Waals surface area contributed by atoms with Crippen LogP contribution < -0.4 is 4.90 Å². The van der Waals surface area contributed by atoms with Crippen molar-refractivity contribution in [3.63, 3.8) is 0 Å². The molecule has 0 aliphatic heterocycles. The molecule has 0 unspecified atom stereocenters. The van der Waals surface area contributed by atoms with E-state index in [1.165, 1.54) is 42.1 Å². The summed E-state index contributed by atoms with van der Waals surface area (Å²) in [6.07, 6.45) is 0. The molecule has 230 valence electrons. The van der Waals surface area contributed by atoms with Gasteiger partial charge in [0.2, 0.25) is 0 Å². The van der Waals surface area contributed by atoms with Gasteiger partial charge >= 0.3 is 0 Å². The van der Waals surface area contributed by atoms with Crippen molar-refractivity contribution in [1.82, 2.24) is 0 Å². The molecule has 0 fully saturated rings. The monoisotopic (exact) mass is 643 g/mol. The highest BCUT2D eigenvalue weighted by molar-refractivity contribution is 7.26. The molecule has 0 amide bonds. The van der Waals surface area contributed by atoms with Crippen LogP contribution in [0, 0.1) is 0 Å². The molecule has 0 spiro atoms. The van der Waals surface area contributed by atoms with Crippen molar-refractivity contribution in [2.45, 2.75) is 0 Å². The summed E-state index contributed by atoms with van der Waals surface area (Å²) in [7, 11) is 0. The average molecular weight is 644 g/mol. The highest BCUT2D eigenvalue weighted by Gasteiger charge is 2.22. The fraction of sp³-hybridized carbons (Fsp3) is 0. The standard InChI is InChI=1S/C46H29NOS/c1-3-11-30(12-4-1)31-21-24-34(25-22-31)47(35-26-27-40-43(29-35)49-42-28-23-33-15-7-8-16-36(33)44(40)42)41-20-10-19-39-38-18-9-17-37(45(38)48-46(39)41)32-13-5-2-6-14-32/h1-29H. The van der Waals surface area contributed by atoms with E-state index in [0.717, 1.165) is 50.1 Å². The van der Waals surface area contributed by atoms with Crippen molar-refractivity contribution in [1.29, 1.82) is 0 Å². The van der Waals surface area contributed by atoms with Gasteiger partial charge in [0, 0.05) is 47.9 Å². The molecule has 49 heavy (non-hydrogen) atoms. The second-order valence-corrected chi connectivity index (χ2v) is 13.6. The Hall–Kier alpha value is -6.16. The van der Waals surface area contributed by atoms with Crippen molar-refractivity contribution in [3.8, 4) is 22.3 Å². The van der Waals surface area contributed by atoms with Crippen LogP contribution in [0.5, 0.6) is 0 Å². The minimum atomic E-state index is 0.871. The minimum Gasteiger partial charge on any atom is -0.453 e. The zero-order valence-corrected chi connectivity index (χ0v) is 27.3. The summed E-state index contributed by atoms with van der Waals surface area (Å²) >= 11 is 1.86. The molecule has 0 aliphatic rings. The van der Waals surface area contributed by atoms with Gasteiger partial charge in [-0.15, -0.1) is 11.3 Å². The van der Waals surface area contributed by atoms with E-state index in [2.05, 4.69) is 181 Å². The molecule has 0 saturated carbocycles. The van der Waals surface area contributed by atoms with Gasteiger partial charge < -0.3 is 9.32 Å². The van der Waals surface area contributed by atoms with Crippen molar-refractivity contribution >= 4 is 81.3 Å². The first-order valence-electron chi connectivity index (χ1n) is 16.6. The second-order valence-electron chi connectivity index (χ2n) is 12.5. The maximum atomic E-state index is 6.93. The Balaban J connectivity index is 1.20. The Bertz CT molecular complexity index is 2810. The number of para-hydroxylation sites is 2. The molecule has 8 aromatic carbocycles. The zero-order chi connectivity index (χ0) is 32.3. The van der Waals surface area contributed by atoms with Gasteiger partial charge in [-0.25, -0.2) is 0 Å². The molecule has 0 bridgehead atoms. The highest BCUT2D eigenvalue weighted by atomic mass is 32.1. The topological polar surface area (TPSA) is 16.4 Å². The van der Waals surface area contributed by atoms with Gasteiger partial charge in [0.15, 0.2) is 5.58 Å². The molecule has 0 aliphatic carbocycles. The largest absolute Gasteiger partial charge is 0.453 e. The molecule has 10 aromatic rings. The zero-order valence-electron chi connectivity index (χ0n) is 26.5. The Morgan fingerprint density at radius 3 is 1.88 bits per heavy atom. The second kappa shape index (κ2) is 11.2. The number of fused-ring (bicyclic) bond motifs is 8. The average Bonchev–Trinajstić information content (AvgIpc) is 3.75. The van der Waals surface area contributed by atoms with Crippen LogP contribution >= 0.6 is 11.3 Å². The number of rotatable bonds is 5. The number of anilines is 3. The van der Waals surface area contributed by atoms with Gasteiger partial charge in [0.05, 0.1) is 5.69 Å². The molecular formula is C46H29NOS. The van der Waals surface area contributed by atoms with Crippen LogP contribution in [0.2, 0.25) is 0 Å². The lowest BCUT2D eigenvalue weighted by atomic mass is 10.0. The van der Waals surface area contributed by atoms with Gasteiger partial charge in [-0.3, -0.25) is 0 Å². The number of hydrogen-bond donors (Lipinski definition) is 0. The molecule has 2 nitrogen and oxygen atoms in total. The number of nitrogens with zero attached hydrogens (tertiary/aromatic N) is 1. The third-order valence-electron chi connectivity index (χ3n) is 9.67. The van der Waals surface area contributed by atoms with Gasteiger partial charge in [-0.05, 0) is 63.9 Å². The quantitative estimate of drug-likeness (QED) is 0.186. The van der Waals surface area contributed by atoms with Gasteiger partial charge in [-0.2, -0.15) is 0 Å². The summed E-state index contributed by atoms with van der Waals surface area (Å²) < 4.78 is 9.50. The van der Waals surface area contributed by atoms with E-state index in [1.807, 2.05) is 11.3 Å². The third kappa shape index (κ3) is 4.55. The van der Waals surface area contributed by atoms with Crippen LogP contribution in [-0.4, -0.2) is 0 Å². The predicted octanol–water partition coefficient (Wildman–Crippen LogP) is 13.9. The van der Waals surface area contributed by atoms with Crippen molar-refractivity contribution < 1.29 is 4.42 Å². The predicted molar refractivity (Wildman–Crippen MR) is 210 cm³/mol. The van der Waals surface area contributed by atoms with Crippen molar-refractivity contribution in [2.24, 2.45) is 0 Å². The molecule has 0 atom stereocenters. The molecule has 0 saturated heterocycles. The van der Waals surface area contributed by atoms with E-state index < -0.39 is 0 Å². The fourth-order valence-corrected chi connectivity index (χ4v) is 8.52. The van der Waals surface area contributed by atoms with E-state index >= 15 is 0 Å². The summed E-state index contributed by atoms with van der Waals surface area (Å²) in [6.45, 7) is 0. The van der Waals surface area contributed by atoms with Gasteiger partial charge in [0.25, 0.3) is 0 Å².